The van der Waals surface area contributed by atoms with Crippen LogP contribution in [-0.4, -0.2) is 49.4 Å². The standard InChI is InChI=1S/C27H29F2N5S/c1-31-22-10-18(6-7-19(22)13-30)25-21-12-24-20(26(21)33-32-25)11-23(35-24)17-4-2-16(3-5-17)14-34-9-8-27(28,29)15-34/h2-4,6-7,10-11,13,17,21,26,30-31,33H,5,8-9,12,14-15H2,1H3. The Kier molecular flexibility index (Phi) is 5.60. The molecule has 0 spiro atoms. The second-order valence-electron chi connectivity index (χ2n) is 9.94. The van der Waals surface area contributed by atoms with Crippen LogP contribution in [0.5, 0.6) is 0 Å². The lowest BCUT2D eigenvalue weighted by Gasteiger charge is -2.20. The molecule has 0 radical (unpaired) electrons. The number of allylic oxidation sites excluding steroid dienone is 2. The zero-order chi connectivity index (χ0) is 24.2. The van der Waals surface area contributed by atoms with Crippen molar-refractivity contribution in [2.24, 2.45) is 11.0 Å². The van der Waals surface area contributed by atoms with Gasteiger partial charge in [0.05, 0.1) is 18.3 Å². The average molecular weight is 494 g/mol. The Morgan fingerprint density at radius 1 is 1.34 bits per heavy atom. The highest BCUT2D eigenvalue weighted by atomic mass is 32.1. The molecule has 3 atom stereocenters. The minimum absolute atomic E-state index is 0.0270. The molecule has 0 amide bonds. The molecule has 6 rings (SSSR count). The number of halogens is 2. The maximum Gasteiger partial charge on any atom is 0.261 e. The summed E-state index contributed by atoms with van der Waals surface area (Å²) in [6, 6.07) is 8.67. The highest BCUT2D eigenvalue weighted by molar-refractivity contribution is 7.12. The van der Waals surface area contributed by atoms with Gasteiger partial charge >= 0.3 is 0 Å². The molecule has 2 aromatic rings. The van der Waals surface area contributed by atoms with Crippen molar-refractivity contribution in [3.8, 4) is 0 Å². The number of hydrogen-bond acceptors (Lipinski definition) is 6. The fourth-order valence-electron chi connectivity index (χ4n) is 5.77. The van der Waals surface area contributed by atoms with E-state index in [-0.39, 0.29) is 19.0 Å². The highest BCUT2D eigenvalue weighted by Crippen LogP contribution is 2.47. The summed E-state index contributed by atoms with van der Waals surface area (Å²) in [4.78, 5) is 4.66. The summed E-state index contributed by atoms with van der Waals surface area (Å²) in [6.07, 6.45) is 9.84. The van der Waals surface area contributed by atoms with Gasteiger partial charge in [0.1, 0.15) is 0 Å². The number of nitrogens with one attached hydrogen (secondary N) is 3. The molecular weight excluding hydrogens is 464 g/mol. The summed E-state index contributed by atoms with van der Waals surface area (Å²) in [5.74, 6) is -1.86. The summed E-state index contributed by atoms with van der Waals surface area (Å²) in [7, 11) is 1.88. The Labute approximate surface area is 208 Å². The van der Waals surface area contributed by atoms with Gasteiger partial charge in [-0.15, -0.1) is 11.3 Å². The van der Waals surface area contributed by atoms with Crippen LogP contribution >= 0.6 is 11.3 Å². The van der Waals surface area contributed by atoms with Crippen LogP contribution < -0.4 is 10.7 Å². The van der Waals surface area contributed by atoms with Crippen LogP contribution in [0.25, 0.3) is 0 Å². The number of fused-ring (bicyclic) bond motifs is 3. The number of benzene rings is 1. The summed E-state index contributed by atoms with van der Waals surface area (Å²) >= 11 is 1.90. The number of nitrogens with zero attached hydrogens (tertiary/aromatic N) is 2. The maximum absolute atomic E-state index is 13.5. The van der Waals surface area contributed by atoms with Gasteiger partial charge in [-0.2, -0.15) is 5.10 Å². The first-order valence-electron chi connectivity index (χ1n) is 12.2. The molecule has 2 aliphatic heterocycles. The maximum atomic E-state index is 13.5. The predicted molar refractivity (Wildman–Crippen MR) is 138 cm³/mol. The first-order valence-corrected chi connectivity index (χ1v) is 13.0. The Hall–Kier alpha value is -2.84. The minimum Gasteiger partial charge on any atom is -0.388 e. The molecule has 3 N–H and O–H groups in total. The largest absolute Gasteiger partial charge is 0.388 e. The van der Waals surface area contributed by atoms with Crippen molar-refractivity contribution in [2.45, 2.75) is 37.1 Å². The monoisotopic (exact) mass is 493 g/mol. The number of hydrazone groups is 1. The zero-order valence-corrected chi connectivity index (χ0v) is 20.5. The molecule has 2 aliphatic carbocycles. The van der Waals surface area contributed by atoms with Crippen molar-refractivity contribution in [3.63, 3.8) is 0 Å². The molecular formula is C27H29F2N5S. The van der Waals surface area contributed by atoms with Gasteiger partial charge in [0, 0.05) is 71.2 Å². The molecule has 1 fully saturated rings. The number of alkyl halides is 2. The quantitative estimate of drug-likeness (QED) is 0.478. The molecule has 4 aliphatic rings. The predicted octanol–water partition coefficient (Wildman–Crippen LogP) is 5.32. The Morgan fingerprint density at radius 3 is 2.94 bits per heavy atom. The van der Waals surface area contributed by atoms with E-state index in [2.05, 4.69) is 47.2 Å². The zero-order valence-electron chi connectivity index (χ0n) is 19.7. The van der Waals surface area contributed by atoms with Crippen LogP contribution in [-0.2, 0) is 6.42 Å². The highest BCUT2D eigenvalue weighted by Gasteiger charge is 2.42. The van der Waals surface area contributed by atoms with Crippen LogP contribution in [0.3, 0.4) is 0 Å². The van der Waals surface area contributed by atoms with E-state index in [0.29, 0.717) is 24.9 Å². The van der Waals surface area contributed by atoms with Gasteiger partial charge < -0.3 is 16.2 Å². The summed E-state index contributed by atoms with van der Waals surface area (Å²) in [6.45, 7) is 0.966. The van der Waals surface area contributed by atoms with Gasteiger partial charge in [-0.3, -0.25) is 4.90 Å². The van der Waals surface area contributed by atoms with Crippen molar-refractivity contribution in [1.29, 1.82) is 5.41 Å². The summed E-state index contributed by atoms with van der Waals surface area (Å²) in [5.41, 5.74) is 9.89. The molecule has 3 heterocycles. The summed E-state index contributed by atoms with van der Waals surface area (Å²) < 4.78 is 27.0. The van der Waals surface area contributed by atoms with E-state index >= 15 is 0 Å². The van der Waals surface area contributed by atoms with Gasteiger partial charge in [-0.25, -0.2) is 8.78 Å². The van der Waals surface area contributed by atoms with Gasteiger partial charge in [0.25, 0.3) is 5.92 Å². The van der Waals surface area contributed by atoms with Gasteiger partial charge in [-0.1, -0.05) is 30.4 Å². The van der Waals surface area contributed by atoms with E-state index in [9.17, 15) is 8.78 Å². The van der Waals surface area contributed by atoms with E-state index in [1.165, 1.54) is 21.5 Å². The van der Waals surface area contributed by atoms with Crippen molar-refractivity contribution in [1.82, 2.24) is 10.3 Å². The number of likely N-dealkylation sites (tertiary alicyclic amines) is 1. The topological polar surface area (TPSA) is 63.5 Å². The minimum atomic E-state index is -2.53. The van der Waals surface area contributed by atoms with E-state index < -0.39 is 5.92 Å². The Morgan fingerprint density at radius 2 is 2.23 bits per heavy atom. The van der Waals surface area contributed by atoms with Crippen molar-refractivity contribution in [2.75, 3.05) is 32.0 Å². The third-order valence-corrected chi connectivity index (χ3v) is 8.95. The van der Waals surface area contributed by atoms with E-state index in [4.69, 9.17) is 10.5 Å². The number of anilines is 1. The molecule has 3 unspecified atom stereocenters. The van der Waals surface area contributed by atoms with Crippen LogP contribution in [0.15, 0.2) is 53.2 Å². The van der Waals surface area contributed by atoms with Crippen molar-refractivity contribution < 1.29 is 8.78 Å². The second-order valence-corrected chi connectivity index (χ2v) is 11.1. The molecule has 8 heteroatoms. The molecule has 182 valence electrons. The molecule has 1 saturated heterocycles. The number of thiophene rings is 1. The van der Waals surface area contributed by atoms with Crippen LogP contribution in [0.4, 0.5) is 14.5 Å². The molecule has 1 aromatic heterocycles. The molecule has 0 bridgehead atoms. The Bertz CT molecular complexity index is 1260. The Balaban J connectivity index is 1.12. The third-order valence-electron chi connectivity index (χ3n) is 7.65. The van der Waals surface area contributed by atoms with Crippen LogP contribution in [0.1, 0.15) is 51.2 Å². The lowest BCUT2D eigenvalue weighted by molar-refractivity contribution is 0.0131. The van der Waals surface area contributed by atoms with Gasteiger partial charge in [-0.05, 0) is 36.1 Å². The lowest BCUT2D eigenvalue weighted by atomic mass is 9.91. The average Bonchev–Trinajstić information content (AvgIpc) is 3.60. The van der Waals surface area contributed by atoms with Gasteiger partial charge in [0.2, 0.25) is 0 Å². The van der Waals surface area contributed by atoms with Crippen LogP contribution in [0.2, 0.25) is 0 Å². The number of hydrogen-bond donors (Lipinski definition) is 3. The molecule has 0 saturated carbocycles. The smallest absolute Gasteiger partial charge is 0.261 e. The first kappa shape index (κ1) is 22.6. The molecule has 1 aromatic carbocycles. The van der Waals surface area contributed by atoms with E-state index in [0.717, 1.165) is 40.9 Å². The fourth-order valence-corrected chi connectivity index (χ4v) is 7.13. The SMILES string of the molecule is CNc1cc(C2=NNC3c4cc(C5C=CC(CN6CCC(F)(F)C6)=CC5)sc4CC23)ccc1C=N. The van der Waals surface area contributed by atoms with E-state index in [1.807, 2.05) is 29.4 Å². The molecule has 35 heavy (non-hydrogen) atoms. The van der Waals surface area contributed by atoms with E-state index in [1.54, 1.807) is 0 Å². The summed E-state index contributed by atoms with van der Waals surface area (Å²) in [5, 5.41) is 15.5. The lowest BCUT2D eigenvalue weighted by Crippen LogP contribution is -2.27. The normalized spacial score (nSPS) is 26.7. The van der Waals surface area contributed by atoms with Crippen molar-refractivity contribution in [3.05, 3.63) is 74.5 Å². The van der Waals surface area contributed by atoms with Gasteiger partial charge in [0.15, 0.2) is 0 Å². The van der Waals surface area contributed by atoms with Crippen LogP contribution in [0, 0.1) is 11.3 Å². The number of rotatable bonds is 6. The third kappa shape index (κ3) is 4.12. The molecule has 5 nitrogen and oxygen atoms in total. The fraction of sp³-hybridized carbons (Fsp3) is 0.407. The van der Waals surface area contributed by atoms with Crippen molar-refractivity contribution >= 4 is 29.0 Å². The second kappa shape index (κ2) is 8.68. The first-order chi connectivity index (χ1) is 16.9.